The normalized spacial score (nSPS) is 14.1. The quantitative estimate of drug-likeness (QED) is 0.747. The number of amides is 1. The van der Waals surface area contributed by atoms with Crippen LogP contribution < -0.4 is 9.80 Å². The van der Waals surface area contributed by atoms with Crippen LogP contribution in [0.5, 0.6) is 0 Å². The van der Waals surface area contributed by atoms with Gasteiger partial charge in [-0.2, -0.15) is 4.39 Å². The number of carbonyl (C=O) groups is 1. The predicted molar refractivity (Wildman–Crippen MR) is 75.6 cm³/mol. The van der Waals surface area contributed by atoms with E-state index in [1.165, 1.54) is 12.3 Å². The van der Waals surface area contributed by atoms with Gasteiger partial charge in [0.1, 0.15) is 0 Å². The molecule has 0 N–H and O–H groups in total. The van der Waals surface area contributed by atoms with Crippen LogP contribution in [0, 0.1) is 5.95 Å². The number of aromatic nitrogens is 1. The van der Waals surface area contributed by atoms with Gasteiger partial charge in [0.2, 0.25) is 5.95 Å². The monoisotopic (exact) mass is 271 g/mol. The van der Waals surface area contributed by atoms with Crippen LogP contribution in [-0.2, 0) is 0 Å². The maximum atomic E-state index is 13.7. The van der Waals surface area contributed by atoms with Gasteiger partial charge < -0.3 is 9.80 Å². The average molecular weight is 271 g/mol. The lowest BCUT2D eigenvalue weighted by Crippen LogP contribution is -2.43. The molecule has 0 saturated carbocycles. The van der Waals surface area contributed by atoms with Crippen LogP contribution >= 0.6 is 0 Å². The maximum Gasteiger partial charge on any atom is 0.263 e. The summed E-state index contributed by atoms with van der Waals surface area (Å²) in [6, 6.07) is 10.7. The van der Waals surface area contributed by atoms with Crippen molar-refractivity contribution < 1.29 is 9.18 Å². The molecule has 0 bridgehead atoms. The highest BCUT2D eigenvalue weighted by molar-refractivity contribution is 6.08. The minimum atomic E-state index is -0.728. The molecule has 1 aliphatic rings. The lowest BCUT2D eigenvalue weighted by Gasteiger charge is -2.35. The second-order valence-electron chi connectivity index (χ2n) is 4.71. The molecule has 0 saturated heterocycles. The third-order valence-corrected chi connectivity index (χ3v) is 3.48. The maximum absolute atomic E-state index is 13.7. The highest BCUT2D eigenvalue weighted by Gasteiger charge is 2.27. The molecule has 0 unspecified atom stereocenters. The summed E-state index contributed by atoms with van der Waals surface area (Å²) in [5, 5.41) is 0. The Morgan fingerprint density at radius 1 is 1.15 bits per heavy atom. The molecule has 102 valence electrons. The van der Waals surface area contributed by atoms with Crippen molar-refractivity contribution in [3.63, 3.8) is 0 Å². The van der Waals surface area contributed by atoms with Gasteiger partial charge in [0.15, 0.2) is 0 Å². The van der Waals surface area contributed by atoms with E-state index in [-0.39, 0.29) is 11.5 Å². The van der Waals surface area contributed by atoms with E-state index in [4.69, 9.17) is 0 Å². The Morgan fingerprint density at radius 3 is 2.65 bits per heavy atom. The smallest absolute Gasteiger partial charge is 0.263 e. The van der Waals surface area contributed by atoms with Gasteiger partial charge in [-0.25, -0.2) is 4.98 Å². The lowest BCUT2D eigenvalue weighted by atomic mass is 10.1. The Balaban J connectivity index is 2.02. The molecule has 0 radical (unpaired) electrons. The standard InChI is InChI=1S/C15H14FN3O/c1-18-9-10-19(13-7-3-2-6-12(13)18)15(20)11-5-4-8-17-14(11)16/h2-8H,9-10H2,1H3. The van der Waals surface area contributed by atoms with Gasteiger partial charge in [0.05, 0.1) is 16.9 Å². The first-order valence-corrected chi connectivity index (χ1v) is 6.41. The second-order valence-corrected chi connectivity index (χ2v) is 4.71. The van der Waals surface area contributed by atoms with Crippen molar-refractivity contribution in [3.8, 4) is 0 Å². The fourth-order valence-electron chi connectivity index (χ4n) is 2.41. The van der Waals surface area contributed by atoms with E-state index in [2.05, 4.69) is 9.88 Å². The third-order valence-electron chi connectivity index (χ3n) is 3.48. The molecule has 4 nitrogen and oxygen atoms in total. The molecule has 1 amide bonds. The Kier molecular flexibility index (Phi) is 3.10. The number of hydrogen-bond donors (Lipinski definition) is 0. The molecule has 2 aromatic rings. The average Bonchev–Trinajstić information content (AvgIpc) is 2.48. The molecular weight excluding hydrogens is 257 g/mol. The molecule has 0 atom stereocenters. The zero-order valence-electron chi connectivity index (χ0n) is 11.1. The van der Waals surface area contributed by atoms with Gasteiger partial charge >= 0.3 is 0 Å². The molecule has 0 spiro atoms. The summed E-state index contributed by atoms with van der Waals surface area (Å²) in [4.78, 5) is 19.7. The van der Waals surface area contributed by atoms with Crippen LogP contribution in [0.1, 0.15) is 10.4 Å². The highest BCUT2D eigenvalue weighted by atomic mass is 19.1. The highest BCUT2D eigenvalue weighted by Crippen LogP contribution is 2.32. The molecule has 3 rings (SSSR count). The summed E-state index contributed by atoms with van der Waals surface area (Å²) >= 11 is 0. The zero-order chi connectivity index (χ0) is 14.1. The Bertz CT molecular complexity index is 659. The number of likely N-dealkylation sites (N-methyl/N-ethyl adjacent to an activating group) is 1. The van der Waals surface area contributed by atoms with Crippen LogP contribution in [0.15, 0.2) is 42.6 Å². The number of carbonyl (C=O) groups excluding carboxylic acids is 1. The van der Waals surface area contributed by atoms with Crippen molar-refractivity contribution in [2.45, 2.75) is 0 Å². The molecule has 5 heteroatoms. The first-order valence-electron chi connectivity index (χ1n) is 6.41. The van der Waals surface area contributed by atoms with Crippen LogP contribution in [-0.4, -0.2) is 31.0 Å². The SMILES string of the molecule is CN1CCN(C(=O)c2cccnc2F)c2ccccc21. The van der Waals surface area contributed by atoms with E-state index in [9.17, 15) is 9.18 Å². The second kappa shape index (κ2) is 4.92. The fraction of sp³-hybridized carbons (Fsp3) is 0.200. The number of anilines is 2. The summed E-state index contributed by atoms with van der Waals surface area (Å²) in [6.45, 7) is 1.24. The lowest BCUT2D eigenvalue weighted by molar-refractivity contribution is 0.0982. The number of halogens is 1. The van der Waals surface area contributed by atoms with Crippen LogP contribution in [0.25, 0.3) is 0 Å². The number of fused-ring (bicyclic) bond motifs is 1. The number of rotatable bonds is 1. The third kappa shape index (κ3) is 2.01. The van der Waals surface area contributed by atoms with Crippen molar-refractivity contribution in [3.05, 3.63) is 54.1 Å². The predicted octanol–water partition coefficient (Wildman–Crippen LogP) is 2.32. The molecule has 0 aliphatic carbocycles. The minimum Gasteiger partial charge on any atom is -0.371 e. The van der Waals surface area contributed by atoms with Gasteiger partial charge in [0.25, 0.3) is 5.91 Å². The Labute approximate surface area is 116 Å². The van der Waals surface area contributed by atoms with Crippen molar-refractivity contribution in [1.29, 1.82) is 0 Å². The summed E-state index contributed by atoms with van der Waals surface area (Å²) in [5.41, 5.74) is 1.78. The number of benzene rings is 1. The van der Waals surface area contributed by atoms with Gasteiger partial charge in [-0.05, 0) is 24.3 Å². The van der Waals surface area contributed by atoms with Gasteiger partial charge in [0, 0.05) is 26.3 Å². The number of nitrogens with zero attached hydrogens (tertiary/aromatic N) is 3. The number of hydrogen-bond acceptors (Lipinski definition) is 3. The minimum absolute atomic E-state index is 0.00635. The Morgan fingerprint density at radius 2 is 1.90 bits per heavy atom. The van der Waals surface area contributed by atoms with Gasteiger partial charge in [-0.15, -0.1) is 0 Å². The fourth-order valence-corrected chi connectivity index (χ4v) is 2.41. The largest absolute Gasteiger partial charge is 0.371 e. The number of para-hydroxylation sites is 2. The van der Waals surface area contributed by atoms with Crippen molar-refractivity contribution in [2.75, 3.05) is 29.9 Å². The van der Waals surface area contributed by atoms with E-state index < -0.39 is 5.95 Å². The summed E-state index contributed by atoms with van der Waals surface area (Å²) in [6.07, 6.45) is 1.34. The van der Waals surface area contributed by atoms with Crippen molar-refractivity contribution in [2.24, 2.45) is 0 Å². The first kappa shape index (κ1) is 12.6. The van der Waals surface area contributed by atoms with E-state index in [1.807, 2.05) is 31.3 Å². The first-order chi connectivity index (χ1) is 9.68. The van der Waals surface area contributed by atoms with Crippen molar-refractivity contribution in [1.82, 2.24) is 4.98 Å². The van der Waals surface area contributed by atoms with Crippen LogP contribution in [0.2, 0.25) is 0 Å². The summed E-state index contributed by atoms with van der Waals surface area (Å²) < 4.78 is 13.7. The van der Waals surface area contributed by atoms with E-state index in [0.717, 1.165) is 11.4 Å². The molecule has 0 fully saturated rings. The van der Waals surface area contributed by atoms with Crippen molar-refractivity contribution >= 4 is 17.3 Å². The van der Waals surface area contributed by atoms with Gasteiger partial charge in [-0.1, -0.05) is 12.1 Å². The molecule has 1 aromatic heterocycles. The summed E-state index contributed by atoms with van der Waals surface area (Å²) in [7, 11) is 1.98. The van der Waals surface area contributed by atoms with Gasteiger partial charge in [-0.3, -0.25) is 4.79 Å². The van der Waals surface area contributed by atoms with E-state index >= 15 is 0 Å². The van der Waals surface area contributed by atoms with Crippen LogP contribution in [0.4, 0.5) is 15.8 Å². The van der Waals surface area contributed by atoms with E-state index in [0.29, 0.717) is 13.1 Å². The molecular formula is C15H14FN3O. The Hall–Kier alpha value is -2.43. The topological polar surface area (TPSA) is 36.4 Å². The molecule has 2 heterocycles. The van der Waals surface area contributed by atoms with E-state index in [1.54, 1.807) is 11.0 Å². The molecule has 1 aromatic carbocycles. The van der Waals surface area contributed by atoms with Crippen LogP contribution in [0.3, 0.4) is 0 Å². The molecule has 1 aliphatic heterocycles. The number of pyridine rings is 1. The molecule has 20 heavy (non-hydrogen) atoms. The zero-order valence-corrected chi connectivity index (χ0v) is 11.1. The summed E-state index contributed by atoms with van der Waals surface area (Å²) in [5.74, 6) is -1.08.